The Morgan fingerprint density at radius 1 is 1.42 bits per heavy atom. The second kappa shape index (κ2) is 5.25. The molecule has 2 rings (SSSR count). The Balaban J connectivity index is 2.43. The molecule has 0 fully saturated rings. The molecule has 0 spiro atoms. The topological polar surface area (TPSA) is 90.2 Å². The average molecular weight is 264 g/mol. The fourth-order valence-corrected chi connectivity index (χ4v) is 1.31. The Labute approximate surface area is 107 Å². The van der Waals surface area contributed by atoms with Crippen LogP contribution in [0.3, 0.4) is 0 Å². The van der Waals surface area contributed by atoms with Crippen LogP contribution in [0.25, 0.3) is 0 Å². The van der Waals surface area contributed by atoms with Crippen molar-refractivity contribution in [1.82, 2.24) is 9.97 Å². The number of nitro groups is 1. The van der Waals surface area contributed by atoms with Gasteiger partial charge in [-0.15, -0.1) is 0 Å². The van der Waals surface area contributed by atoms with Gasteiger partial charge in [0.1, 0.15) is 6.20 Å². The third kappa shape index (κ3) is 2.73. The molecule has 0 bridgehead atoms. The minimum absolute atomic E-state index is 0.136. The number of benzene rings is 1. The van der Waals surface area contributed by atoms with Crippen LogP contribution in [-0.4, -0.2) is 21.9 Å². The fourth-order valence-electron chi connectivity index (χ4n) is 1.31. The van der Waals surface area contributed by atoms with E-state index in [1.165, 1.54) is 18.2 Å². The number of hydrogen-bond acceptors (Lipinski definition) is 6. The van der Waals surface area contributed by atoms with Gasteiger partial charge in [-0.05, 0) is 12.1 Å². The van der Waals surface area contributed by atoms with Gasteiger partial charge in [-0.3, -0.25) is 10.1 Å². The second-order valence-corrected chi connectivity index (χ2v) is 3.42. The maximum absolute atomic E-state index is 13.4. The second-order valence-electron chi connectivity index (χ2n) is 3.42. The summed E-state index contributed by atoms with van der Waals surface area (Å²) in [6.45, 7) is 0. The summed E-state index contributed by atoms with van der Waals surface area (Å²) in [5.74, 6) is -0.973. The molecule has 0 amide bonds. The molecule has 1 aromatic heterocycles. The monoisotopic (exact) mass is 264 g/mol. The van der Waals surface area contributed by atoms with Gasteiger partial charge in [0.2, 0.25) is 5.95 Å². The van der Waals surface area contributed by atoms with Crippen molar-refractivity contribution >= 4 is 11.6 Å². The van der Waals surface area contributed by atoms with Gasteiger partial charge in [-0.2, -0.15) is 4.98 Å². The summed E-state index contributed by atoms with van der Waals surface area (Å²) < 4.78 is 18.6. The van der Waals surface area contributed by atoms with E-state index in [2.05, 4.69) is 15.3 Å². The Bertz CT molecular complexity index is 621. The van der Waals surface area contributed by atoms with Gasteiger partial charge >= 0.3 is 11.6 Å². The smallest absolute Gasteiger partial charge is 0.349 e. The lowest BCUT2D eigenvalue weighted by molar-refractivity contribution is -0.386. The fraction of sp³-hybridized carbons (Fsp3) is 0.0909. The molecule has 1 N–H and O–H groups in total. The molecule has 0 aliphatic heterocycles. The number of ether oxygens (including phenoxy) is 1. The lowest BCUT2D eigenvalue weighted by Crippen LogP contribution is -2.02. The summed E-state index contributed by atoms with van der Waals surface area (Å²) in [5.41, 5.74) is -0.442. The van der Waals surface area contributed by atoms with Crippen molar-refractivity contribution in [3.05, 3.63) is 46.4 Å². The molecule has 0 radical (unpaired) electrons. The van der Waals surface area contributed by atoms with Crippen LogP contribution in [0.5, 0.6) is 11.6 Å². The Morgan fingerprint density at radius 3 is 2.79 bits per heavy atom. The Morgan fingerprint density at radius 2 is 2.16 bits per heavy atom. The molecule has 1 heterocycles. The van der Waals surface area contributed by atoms with E-state index in [-0.39, 0.29) is 17.6 Å². The zero-order chi connectivity index (χ0) is 13.8. The van der Waals surface area contributed by atoms with E-state index in [9.17, 15) is 14.5 Å². The number of hydrogen-bond donors (Lipinski definition) is 1. The first kappa shape index (κ1) is 12.7. The molecule has 98 valence electrons. The quantitative estimate of drug-likeness (QED) is 0.673. The van der Waals surface area contributed by atoms with E-state index in [4.69, 9.17) is 4.74 Å². The lowest BCUT2D eigenvalue weighted by Gasteiger charge is -2.06. The molecule has 7 nitrogen and oxygen atoms in total. The first-order chi connectivity index (χ1) is 9.11. The van der Waals surface area contributed by atoms with E-state index in [1.54, 1.807) is 13.1 Å². The molecule has 0 unspecified atom stereocenters. The highest BCUT2D eigenvalue weighted by molar-refractivity contribution is 5.45. The minimum atomic E-state index is -0.699. The minimum Gasteiger partial charge on any atom is -0.430 e. The van der Waals surface area contributed by atoms with Crippen LogP contribution in [0.4, 0.5) is 16.0 Å². The molecule has 0 atom stereocenters. The van der Waals surface area contributed by atoms with Crippen LogP contribution in [-0.2, 0) is 0 Å². The largest absolute Gasteiger partial charge is 0.430 e. The third-order valence-electron chi connectivity index (χ3n) is 2.20. The predicted molar refractivity (Wildman–Crippen MR) is 64.7 cm³/mol. The zero-order valence-electron chi connectivity index (χ0n) is 9.83. The number of para-hydroxylation sites is 1. The average Bonchev–Trinajstić information content (AvgIpc) is 2.41. The lowest BCUT2D eigenvalue weighted by atomic mass is 10.3. The number of nitrogens with zero attached hydrogens (tertiary/aromatic N) is 3. The summed E-state index contributed by atoms with van der Waals surface area (Å²) in [5, 5.41) is 13.4. The molecular formula is C11H9FN4O3. The molecule has 0 aliphatic rings. The zero-order valence-corrected chi connectivity index (χ0v) is 9.83. The maximum atomic E-state index is 13.4. The number of anilines is 1. The first-order valence-corrected chi connectivity index (χ1v) is 5.23. The van der Waals surface area contributed by atoms with Crippen LogP contribution in [0, 0.1) is 15.9 Å². The standard InChI is InChI=1S/C11H9FN4O3/c1-13-11-14-6-8(16(17)18)10(15-11)19-9-5-3-2-4-7(9)12/h2-6H,1H3,(H,13,14,15). The molecule has 0 saturated carbocycles. The molecular weight excluding hydrogens is 255 g/mol. The van der Waals surface area contributed by atoms with Crippen molar-refractivity contribution in [3.8, 4) is 11.6 Å². The van der Waals surface area contributed by atoms with Crippen LogP contribution >= 0.6 is 0 Å². The Hall–Kier alpha value is -2.77. The SMILES string of the molecule is CNc1ncc([N+](=O)[O-])c(Oc2ccccc2F)n1. The van der Waals surface area contributed by atoms with Crippen molar-refractivity contribution < 1.29 is 14.1 Å². The van der Waals surface area contributed by atoms with Gasteiger partial charge in [-0.25, -0.2) is 9.37 Å². The van der Waals surface area contributed by atoms with Gasteiger partial charge in [0.05, 0.1) is 4.92 Å². The molecule has 8 heteroatoms. The molecule has 2 aromatic rings. The summed E-state index contributed by atoms with van der Waals surface area (Å²) in [7, 11) is 1.55. The van der Waals surface area contributed by atoms with Crippen molar-refractivity contribution in [2.24, 2.45) is 0 Å². The van der Waals surface area contributed by atoms with E-state index in [0.717, 1.165) is 6.20 Å². The summed E-state index contributed by atoms with van der Waals surface area (Å²) in [6, 6.07) is 5.56. The van der Waals surface area contributed by atoms with Gasteiger partial charge in [-0.1, -0.05) is 12.1 Å². The van der Waals surface area contributed by atoms with Gasteiger partial charge in [0, 0.05) is 7.05 Å². The third-order valence-corrected chi connectivity index (χ3v) is 2.20. The van der Waals surface area contributed by atoms with E-state index in [1.807, 2.05) is 0 Å². The van der Waals surface area contributed by atoms with Gasteiger partial charge in [0.15, 0.2) is 11.6 Å². The summed E-state index contributed by atoms with van der Waals surface area (Å²) in [6.07, 6.45) is 0.995. The molecule has 1 aromatic carbocycles. The molecule has 0 aliphatic carbocycles. The first-order valence-electron chi connectivity index (χ1n) is 5.23. The van der Waals surface area contributed by atoms with Crippen LogP contribution in [0.15, 0.2) is 30.5 Å². The van der Waals surface area contributed by atoms with E-state index in [0.29, 0.717) is 0 Å². The highest BCUT2D eigenvalue weighted by Gasteiger charge is 2.20. The summed E-state index contributed by atoms with van der Waals surface area (Å²) >= 11 is 0. The molecule has 0 saturated heterocycles. The normalized spacial score (nSPS) is 10.0. The number of nitrogens with one attached hydrogen (secondary N) is 1. The Kier molecular flexibility index (Phi) is 3.51. The van der Waals surface area contributed by atoms with Crippen LogP contribution in [0.2, 0.25) is 0 Å². The van der Waals surface area contributed by atoms with Crippen molar-refractivity contribution in [1.29, 1.82) is 0 Å². The van der Waals surface area contributed by atoms with Gasteiger partial charge in [0.25, 0.3) is 0 Å². The van der Waals surface area contributed by atoms with Crippen LogP contribution in [0.1, 0.15) is 0 Å². The van der Waals surface area contributed by atoms with Crippen molar-refractivity contribution in [3.63, 3.8) is 0 Å². The van der Waals surface area contributed by atoms with Gasteiger partial charge < -0.3 is 10.1 Å². The highest BCUT2D eigenvalue weighted by atomic mass is 19.1. The van der Waals surface area contributed by atoms with Crippen molar-refractivity contribution in [2.45, 2.75) is 0 Å². The van der Waals surface area contributed by atoms with Crippen LogP contribution < -0.4 is 10.1 Å². The number of rotatable bonds is 4. The number of halogens is 1. The van der Waals surface area contributed by atoms with E-state index < -0.39 is 16.4 Å². The summed E-state index contributed by atoms with van der Waals surface area (Å²) in [4.78, 5) is 17.6. The predicted octanol–water partition coefficient (Wildman–Crippen LogP) is 2.36. The molecule has 19 heavy (non-hydrogen) atoms. The number of aromatic nitrogens is 2. The highest BCUT2D eigenvalue weighted by Crippen LogP contribution is 2.30. The van der Waals surface area contributed by atoms with E-state index >= 15 is 0 Å². The van der Waals surface area contributed by atoms with Crippen molar-refractivity contribution in [2.75, 3.05) is 12.4 Å². The maximum Gasteiger partial charge on any atom is 0.349 e.